The third kappa shape index (κ3) is 3.60. The summed E-state index contributed by atoms with van der Waals surface area (Å²) >= 11 is 0. The molecular weight excluding hydrogens is 422 g/mol. The molecule has 0 bridgehead atoms. The Morgan fingerprint density at radius 2 is 2.03 bits per heavy atom. The number of nitro groups is 1. The summed E-state index contributed by atoms with van der Waals surface area (Å²) in [6, 6.07) is 6.47. The van der Waals surface area contributed by atoms with Gasteiger partial charge in [-0.15, -0.1) is 0 Å². The fourth-order valence-corrected chi connectivity index (χ4v) is 3.98. The maximum Gasteiger partial charge on any atom is 0.271 e. The Balaban J connectivity index is 1.89. The minimum atomic E-state index is -1.90. The van der Waals surface area contributed by atoms with E-state index in [0.717, 1.165) is 6.07 Å². The smallest absolute Gasteiger partial charge is 0.271 e. The van der Waals surface area contributed by atoms with Gasteiger partial charge in [-0.25, -0.2) is 18.4 Å². The number of hydrogen-bond acceptors (Lipinski definition) is 6. The van der Waals surface area contributed by atoms with Gasteiger partial charge in [0.25, 0.3) is 5.69 Å². The zero-order chi connectivity index (χ0) is 23.0. The molecule has 0 radical (unpaired) electrons. The van der Waals surface area contributed by atoms with Gasteiger partial charge in [-0.05, 0) is 25.5 Å². The number of aliphatic hydroxyl groups is 1. The van der Waals surface area contributed by atoms with Crippen LogP contribution in [-0.2, 0) is 18.6 Å². The van der Waals surface area contributed by atoms with E-state index in [9.17, 15) is 24.0 Å². The van der Waals surface area contributed by atoms with Gasteiger partial charge in [0.2, 0.25) is 0 Å². The van der Waals surface area contributed by atoms with E-state index in [1.807, 2.05) is 6.92 Å². The molecule has 2 aromatic carbocycles. The summed E-state index contributed by atoms with van der Waals surface area (Å²) in [5, 5.41) is 32.2. The second kappa shape index (κ2) is 8.08. The van der Waals surface area contributed by atoms with E-state index >= 15 is 0 Å². The Bertz CT molecular complexity index is 1290. The average Bonchev–Trinajstić information content (AvgIpc) is 3.39. The first-order chi connectivity index (χ1) is 15.2. The van der Waals surface area contributed by atoms with Gasteiger partial charge in [-0.3, -0.25) is 14.8 Å². The number of nitro benzene ring substituents is 1. The van der Waals surface area contributed by atoms with Crippen molar-refractivity contribution in [1.82, 2.24) is 24.5 Å². The molecule has 0 aliphatic rings. The van der Waals surface area contributed by atoms with Crippen LogP contribution in [0.15, 0.2) is 49.1 Å². The topological polar surface area (TPSA) is 112 Å². The Labute approximate surface area is 181 Å². The van der Waals surface area contributed by atoms with Crippen molar-refractivity contribution in [1.29, 1.82) is 0 Å². The van der Waals surface area contributed by atoms with Gasteiger partial charge >= 0.3 is 0 Å². The predicted octanol–water partition coefficient (Wildman–Crippen LogP) is 3.53. The zero-order valence-electron chi connectivity index (χ0n) is 17.3. The van der Waals surface area contributed by atoms with E-state index < -0.39 is 28.2 Å². The highest BCUT2D eigenvalue weighted by Crippen LogP contribution is 2.38. The maximum atomic E-state index is 14.8. The van der Waals surface area contributed by atoms with Crippen molar-refractivity contribution in [2.75, 3.05) is 0 Å². The van der Waals surface area contributed by atoms with Crippen LogP contribution in [0.1, 0.15) is 31.1 Å². The third-order valence-electron chi connectivity index (χ3n) is 5.66. The standard InChI is InChI=1S/C21H20F2N6O3/c1-3-20-16-6-5-15(29(31)32)9-19(16)26-28(20)13(2)21(30,10-27-12-24-11-25-27)17-7-4-14(22)8-18(17)23/h4-9,11-13,30H,3,10H2,1-2H3/t13-,21-/m1/s1. The van der Waals surface area contributed by atoms with Crippen molar-refractivity contribution < 1.29 is 18.8 Å². The number of hydrogen-bond donors (Lipinski definition) is 1. The largest absolute Gasteiger partial charge is 0.381 e. The molecule has 0 fully saturated rings. The average molecular weight is 442 g/mol. The molecular formula is C21H20F2N6O3. The molecule has 0 saturated carbocycles. The minimum Gasteiger partial charge on any atom is -0.381 e. The fourth-order valence-electron chi connectivity index (χ4n) is 3.98. The van der Waals surface area contributed by atoms with Crippen LogP contribution < -0.4 is 0 Å². The minimum absolute atomic E-state index is 0.111. The van der Waals surface area contributed by atoms with Crippen LogP contribution in [0.4, 0.5) is 14.5 Å². The zero-order valence-corrected chi connectivity index (χ0v) is 17.3. The van der Waals surface area contributed by atoms with Crippen LogP contribution in [-0.4, -0.2) is 34.6 Å². The van der Waals surface area contributed by atoms with Crippen LogP contribution in [0.2, 0.25) is 0 Å². The summed E-state index contributed by atoms with van der Waals surface area (Å²) in [6.07, 6.45) is 3.16. The highest BCUT2D eigenvalue weighted by molar-refractivity contribution is 5.83. The molecule has 11 heteroatoms. The van der Waals surface area contributed by atoms with Crippen molar-refractivity contribution in [3.8, 4) is 0 Å². The van der Waals surface area contributed by atoms with Crippen molar-refractivity contribution >= 4 is 16.6 Å². The molecule has 0 unspecified atom stereocenters. The number of halogens is 2. The summed E-state index contributed by atoms with van der Waals surface area (Å²) in [7, 11) is 0. The number of nitrogens with zero attached hydrogens (tertiary/aromatic N) is 6. The second-order valence-corrected chi connectivity index (χ2v) is 7.52. The normalized spacial score (nSPS) is 14.4. The molecule has 4 aromatic rings. The first-order valence-corrected chi connectivity index (χ1v) is 9.90. The molecule has 0 aliphatic heterocycles. The predicted molar refractivity (Wildman–Crippen MR) is 111 cm³/mol. The first kappa shape index (κ1) is 21.5. The van der Waals surface area contributed by atoms with Crippen LogP contribution in [0.3, 0.4) is 0 Å². The van der Waals surface area contributed by atoms with Crippen molar-refractivity contribution in [2.24, 2.45) is 0 Å². The number of aryl methyl sites for hydroxylation is 1. The molecule has 2 aromatic heterocycles. The number of aromatic nitrogens is 5. The second-order valence-electron chi connectivity index (χ2n) is 7.52. The van der Waals surface area contributed by atoms with Crippen molar-refractivity contribution in [3.63, 3.8) is 0 Å². The molecule has 166 valence electrons. The summed E-state index contributed by atoms with van der Waals surface area (Å²) < 4.78 is 31.3. The quantitative estimate of drug-likeness (QED) is 0.346. The van der Waals surface area contributed by atoms with Gasteiger partial charge in [-0.2, -0.15) is 10.2 Å². The van der Waals surface area contributed by atoms with E-state index in [-0.39, 0.29) is 17.8 Å². The number of fused-ring (bicyclic) bond motifs is 1. The highest BCUT2D eigenvalue weighted by atomic mass is 19.1. The van der Waals surface area contributed by atoms with E-state index in [2.05, 4.69) is 15.2 Å². The van der Waals surface area contributed by atoms with Crippen LogP contribution in [0, 0.1) is 21.7 Å². The van der Waals surface area contributed by atoms with Crippen molar-refractivity contribution in [2.45, 2.75) is 38.5 Å². The van der Waals surface area contributed by atoms with Crippen molar-refractivity contribution in [3.05, 3.63) is 82.1 Å². The van der Waals surface area contributed by atoms with Gasteiger partial charge < -0.3 is 5.11 Å². The molecule has 32 heavy (non-hydrogen) atoms. The van der Waals surface area contributed by atoms with Gasteiger partial charge in [0.1, 0.15) is 29.9 Å². The lowest BCUT2D eigenvalue weighted by molar-refractivity contribution is -0.384. The Morgan fingerprint density at radius 3 is 2.66 bits per heavy atom. The Morgan fingerprint density at radius 1 is 1.25 bits per heavy atom. The molecule has 1 N–H and O–H groups in total. The molecule has 4 rings (SSSR count). The van der Waals surface area contributed by atoms with Crippen LogP contribution >= 0.6 is 0 Å². The summed E-state index contributed by atoms with van der Waals surface area (Å²) in [5.74, 6) is -1.68. The molecule has 0 spiro atoms. The lowest BCUT2D eigenvalue weighted by Crippen LogP contribution is -2.41. The lowest BCUT2D eigenvalue weighted by atomic mass is 9.86. The Kier molecular flexibility index (Phi) is 5.43. The van der Waals surface area contributed by atoms with Gasteiger partial charge in [0.05, 0.1) is 23.0 Å². The SMILES string of the molecule is CCc1c2ccc([N+](=O)[O-])cc2nn1[C@H](C)[C@](O)(Cn1cncn1)c1ccc(F)cc1F. The number of benzene rings is 2. The number of non-ortho nitro benzene ring substituents is 1. The maximum absolute atomic E-state index is 14.8. The molecule has 2 heterocycles. The van der Waals surface area contributed by atoms with E-state index in [4.69, 9.17) is 0 Å². The molecule has 0 saturated heterocycles. The van der Waals surface area contributed by atoms with Gasteiger partial charge in [0, 0.05) is 34.8 Å². The first-order valence-electron chi connectivity index (χ1n) is 9.90. The van der Waals surface area contributed by atoms with Gasteiger partial charge in [0.15, 0.2) is 0 Å². The summed E-state index contributed by atoms with van der Waals surface area (Å²) in [6.45, 7) is 3.35. The lowest BCUT2D eigenvalue weighted by Gasteiger charge is -2.35. The van der Waals surface area contributed by atoms with E-state index in [1.54, 1.807) is 13.0 Å². The van der Waals surface area contributed by atoms with E-state index in [0.29, 0.717) is 29.1 Å². The third-order valence-corrected chi connectivity index (χ3v) is 5.66. The Hall–Kier alpha value is -3.73. The summed E-state index contributed by atoms with van der Waals surface area (Å²) in [4.78, 5) is 14.5. The number of rotatable bonds is 7. The fraction of sp³-hybridized carbons (Fsp3) is 0.286. The monoisotopic (exact) mass is 442 g/mol. The summed E-state index contributed by atoms with van der Waals surface area (Å²) in [5.41, 5.74) is -1.05. The highest BCUT2D eigenvalue weighted by Gasteiger charge is 2.41. The van der Waals surface area contributed by atoms with Gasteiger partial charge in [-0.1, -0.05) is 13.0 Å². The van der Waals surface area contributed by atoms with Crippen LogP contribution in [0.25, 0.3) is 10.9 Å². The molecule has 0 aliphatic carbocycles. The molecule has 0 amide bonds. The molecule has 9 nitrogen and oxygen atoms in total. The molecule has 2 atom stereocenters. The van der Waals surface area contributed by atoms with Crippen LogP contribution in [0.5, 0.6) is 0 Å². The van der Waals surface area contributed by atoms with E-state index in [1.165, 1.54) is 40.2 Å².